The van der Waals surface area contributed by atoms with Crippen molar-refractivity contribution in [2.75, 3.05) is 24.3 Å². The molecule has 4 heteroatoms. The normalized spacial score (nSPS) is 13.5. The van der Waals surface area contributed by atoms with Crippen LogP contribution in [0.5, 0.6) is 0 Å². The molecule has 0 aromatic rings. The number of carbonyl (C=O) groups is 1. The fourth-order valence-electron chi connectivity index (χ4n) is 3.72. The van der Waals surface area contributed by atoms with Crippen LogP contribution in [0.3, 0.4) is 0 Å². The summed E-state index contributed by atoms with van der Waals surface area (Å²) < 4.78 is 0. The minimum atomic E-state index is -0.678. The molecule has 0 amide bonds. The summed E-state index contributed by atoms with van der Waals surface area (Å²) in [5.74, 6) is 1.62. The van der Waals surface area contributed by atoms with Crippen molar-refractivity contribution in [2.24, 2.45) is 0 Å². The third-order valence-corrected chi connectivity index (χ3v) is 7.74. The highest BCUT2D eigenvalue weighted by atomic mass is 32.2. The third kappa shape index (κ3) is 20.8. The maximum absolute atomic E-state index is 11.4. The van der Waals surface area contributed by atoms with Crippen LogP contribution in [0, 0.1) is 0 Å². The molecule has 0 rings (SSSR count). The summed E-state index contributed by atoms with van der Waals surface area (Å²) >= 11 is 0. The van der Waals surface area contributed by atoms with Crippen molar-refractivity contribution in [1.29, 1.82) is 0 Å². The molecular formula is C25H52NO2S+. The largest absolute Gasteiger partial charge is 0.480 e. The molecule has 0 aliphatic rings. The standard InChI is InChI=1S/C25H51NO2S/c1-4-6-8-9-10-11-12-13-14-15-16-17-18-19-21-26-24(25(27)28)20-23-29(3)22-7-5-2/h24,26H,4-23H2,1-3H3/p+1/t24-,29?/m1/s1. The second-order valence-electron chi connectivity index (χ2n) is 8.77. The van der Waals surface area contributed by atoms with Gasteiger partial charge in [0, 0.05) is 6.42 Å². The Hall–Kier alpha value is -0.220. The van der Waals surface area contributed by atoms with E-state index in [1.807, 2.05) is 0 Å². The van der Waals surface area contributed by atoms with Crippen LogP contribution in [0.4, 0.5) is 0 Å². The van der Waals surface area contributed by atoms with Crippen molar-refractivity contribution in [3.05, 3.63) is 0 Å². The molecule has 0 heterocycles. The van der Waals surface area contributed by atoms with Crippen LogP contribution >= 0.6 is 0 Å². The molecular weight excluding hydrogens is 378 g/mol. The Bertz CT molecular complexity index is 352. The number of aliphatic carboxylic acids is 1. The number of hydrogen-bond acceptors (Lipinski definition) is 2. The Balaban J connectivity index is 3.45. The van der Waals surface area contributed by atoms with Gasteiger partial charge in [-0.05, 0) is 30.3 Å². The first kappa shape index (κ1) is 28.8. The van der Waals surface area contributed by atoms with Crippen LogP contribution in [0.25, 0.3) is 0 Å². The van der Waals surface area contributed by atoms with Crippen LogP contribution in [0.2, 0.25) is 0 Å². The maximum Gasteiger partial charge on any atom is 0.320 e. The monoisotopic (exact) mass is 430 g/mol. The van der Waals surface area contributed by atoms with Crippen LogP contribution < -0.4 is 5.32 Å². The summed E-state index contributed by atoms with van der Waals surface area (Å²) in [5.41, 5.74) is 0. The first-order valence-corrected chi connectivity index (χ1v) is 14.6. The van der Waals surface area contributed by atoms with E-state index in [2.05, 4.69) is 25.4 Å². The van der Waals surface area contributed by atoms with Crippen LogP contribution in [-0.4, -0.2) is 41.4 Å². The number of hydrogen-bond donors (Lipinski definition) is 2. The Morgan fingerprint density at radius 1 is 0.724 bits per heavy atom. The second kappa shape index (κ2) is 22.5. The minimum Gasteiger partial charge on any atom is -0.480 e. The summed E-state index contributed by atoms with van der Waals surface area (Å²) in [4.78, 5) is 11.4. The maximum atomic E-state index is 11.4. The molecule has 0 saturated carbocycles. The Morgan fingerprint density at radius 2 is 1.17 bits per heavy atom. The van der Waals surface area contributed by atoms with E-state index in [4.69, 9.17) is 0 Å². The molecule has 0 aromatic heterocycles. The average Bonchev–Trinajstić information content (AvgIpc) is 2.71. The number of carboxylic acid groups (broad SMARTS) is 1. The summed E-state index contributed by atoms with van der Waals surface area (Å²) in [6, 6.07) is -0.353. The molecule has 0 saturated heterocycles. The molecule has 1 unspecified atom stereocenters. The molecule has 0 spiro atoms. The van der Waals surface area contributed by atoms with E-state index in [9.17, 15) is 9.90 Å². The zero-order valence-corrected chi connectivity index (χ0v) is 20.8. The number of nitrogens with one attached hydrogen (secondary N) is 1. The van der Waals surface area contributed by atoms with E-state index in [-0.39, 0.29) is 6.04 Å². The fourth-order valence-corrected chi connectivity index (χ4v) is 5.34. The van der Waals surface area contributed by atoms with Gasteiger partial charge in [-0.2, -0.15) is 0 Å². The Kier molecular flexibility index (Phi) is 22.3. The molecule has 0 aromatic carbocycles. The van der Waals surface area contributed by atoms with Crippen LogP contribution in [-0.2, 0) is 15.7 Å². The van der Waals surface area contributed by atoms with Crippen molar-refractivity contribution < 1.29 is 9.90 Å². The van der Waals surface area contributed by atoms with Crippen molar-refractivity contribution in [2.45, 2.75) is 129 Å². The Morgan fingerprint density at radius 3 is 1.62 bits per heavy atom. The average molecular weight is 431 g/mol. The second-order valence-corrected chi connectivity index (χ2v) is 11.2. The van der Waals surface area contributed by atoms with Crippen molar-refractivity contribution in [1.82, 2.24) is 5.32 Å². The predicted octanol–water partition coefficient (Wildman–Crippen LogP) is 6.95. The van der Waals surface area contributed by atoms with Gasteiger partial charge in [-0.15, -0.1) is 0 Å². The zero-order valence-electron chi connectivity index (χ0n) is 20.0. The number of rotatable bonds is 23. The topological polar surface area (TPSA) is 49.3 Å². The lowest BCUT2D eigenvalue weighted by Gasteiger charge is -2.14. The molecule has 0 aliphatic heterocycles. The van der Waals surface area contributed by atoms with Crippen LogP contribution in [0.15, 0.2) is 0 Å². The van der Waals surface area contributed by atoms with E-state index in [1.165, 1.54) is 102 Å². The summed E-state index contributed by atoms with van der Waals surface area (Å²) in [5, 5.41) is 12.7. The summed E-state index contributed by atoms with van der Waals surface area (Å²) in [6.45, 7) is 5.34. The van der Waals surface area contributed by atoms with E-state index < -0.39 is 5.97 Å². The predicted molar refractivity (Wildman–Crippen MR) is 132 cm³/mol. The van der Waals surface area contributed by atoms with E-state index in [0.29, 0.717) is 10.9 Å². The lowest BCUT2D eigenvalue weighted by molar-refractivity contribution is -0.139. The fraction of sp³-hybridized carbons (Fsp3) is 0.960. The third-order valence-electron chi connectivity index (χ3n) is 5.82. The lowest BCUT2D eigenvalue weighted by atomic mass is 10.0. The Labute approximate surface area is 185 Å². The number of unbranched alkanes of at least 4 members (excludes halogenated alkanes) is 14. The first-order valence-electron chi connectivity index (χ1n) is 12.7. The van der Waals surface area contributed by atoms with Gasteiger partial charge >= 0.3 is 5.97 Å². The van der Waals surface area contributed by atoms with Crippen molar-refractivity contribution in [3.63, 3.8) is 0 Å². The van der Waals surface area contributed by atoms with Gasteiger partial charge < -0.3 is 10.4 Å². The molecule has 0 bridgehead atoms. The highest BCUT2D eigenvalue weighted by molar-refractivity contribution is 7.96. The smallest absolute Gasteiger partial charge is 0.320 e. The van der Waals surface area contributed by atoms with Gasteiger partial charge in [0.05, 0.1) is 6.26 Å². The van der Waals surface area contributed by atoms with Crippen LogP contribution in [0.1, 0.15) is 123 Å². The van der Waals surface area contributed by atoms with E-state index in [0.717, 1.165) is 25.1 Å². The summed E-state index contributed by atoms with van der Waals surface area (Å²) in [6.07, 6.45) is 24.6. The van der Waals surface area contributed by atoms with Gasteiger partial charge in [-0.3, -0.25) is 4.79 Å². The van der Waals surface area contributed by atoms with E-state index in [1.54, 1.807) is 0 Å². The zero-order chi connectivity index (χ0) is 21.6. The van der Waals surface area contributed by atoms with Crippen molar-refractivity contribution in [3.8, 4) is 0 Å². The molecule has 0 radical (unpaired) electrons. The molecule has 2 atom stereocenters. The van der Waals surface area contributed by atoms with E-state index >= 15 is 0 Å². The molecule has 3 nitrogen and oxygen atoms in total. The molecule has 0 fully saturated rings. The van der Waals surface area contributed by atoms with Crippen molar-refractivity contribution >= 4 is 16.9 Å². The SMILES string of the molecule is CCCCCCCCCCCCCCCCN[C@H](CC[S+](C)CCCC)C(=O)O. The highest BCUT2D eigenvalue weighted by Crippen LogP contribution is 2.13. The highest BCUT2D eigenvalue weighted by Gasteiger charge is 2.20. The van der Waals surface area contributed by atoms with Gasteiger partial charge in [0.15, 0.2) is 0 Å². The number of carboxylic acids is 1. The molecule has 0 aliphatic carbocycles. The quantitative estimate of drug-likeness (QED) is 0.136. The van der Waals surface area contributed by atoms with Gasteiger partial charge in [0.1, 0.15) is 17.5 Å². The first-order chi connectivity index (χ1) is 14.1. The molecule has 29 heavy (non-hydrogen) atoms. The van der Waals surface area contributed by atoms with Gasteiger partial charge in [-0.1, -0.05) is 104 Å². The van der Waals surface area contributed by atoms with Gasteiger partial charge in [0.25, 0.3) is 0 Å². The molecule has 2 N–H and O–H groups in total. The van der Waals surface area contributed by atoms with Gasteiger partial charge in [-0.25, -0.2) is 0 Å². The summed E-state index contributed by atoms with van der Waals surface area (Å²) in [7, 11) is 0.371. The molecule has 174 valence electrons. The van der Waals surface area contributed by atoms with Gasteiger partial charge in [0.2, 0.25) is 0 Å². The minimum absolute atomic E-state index is 0.353. The lowest BCUT2D eigenvalue weighted by Crippen LogP contribution is -2.38.